The molecule has 0 aromatic carbocycles. The lowest BCUT2D eigenvalue weighted by Crippen LogP contribution is -2.52. The van der Waals surface area contributed by atoms with Crippen LogP contribution in [-0.2, 0) is 9.59 Å². The standard InChI is InChI=1S/C10H18N2O3/c1-10(2,11)9(15)12(6-8(13)14)5-7-3-4-7/h7H,3-6,11H2,1-2H3,(H,13,14). The number of carbonyl (C=O) groups is 2. The van der Waals surface area contributed by atoms with Crippen molar-refractivity contribution in [3.63, 3.8) is 0 Å². The van der Waals surface area contributed by atoms with E-state index in [-0.39, 0.29) is 12.5 Å². The van der Waals surface area contributed by atoms with Crippen molar-refractivity contribution in [1.29, 1.82) is 0 Å². The summed E-state index contributed by atoms with van der Waals surface area (Å²) in [6.07, 6.45) is 2.16. The van der Waals surface area contributed by atoms with Crippen molar-refractivity contribution < 1.29 is 14.7 Å². The Balaban J connectivity index is 2.61. The Hall–Kier alpha value is -1.10. The molecule has 0 bridgehead atoms. The number of aliphatic carboxylic acids is 1. The number of nitrogens with zero attached hydrogens (tertiary/aromatic N) is 1. The normalized spacial score (nSPS) is 16.2. The first-order chi connectivity index (χ1) is 6.80. The molecule has 1 rings (SSSR count). The molecular weight excluding hydrogens is 196 g/mol. The zero-order valence-electron chi connectivity index (χ0n) is 9.19. The van der Waals surface area contributed by atoms with E-state index in [0.717, 1.165) is 12.8 Å². The fraction of sp³-hybridized carbons (Fsp3) is 0.800. The third-order valence-corrected chi connectivity index (χ3v) is 2.34. The number of nitrogens with two attached hydrogens (primary N) is 1. The van der Waals surface area contributed by atoms with Crippen molar-refractivity contribution in [2.24, 2.45) is 11.7 Å². The van der Waals surface area contributed by atoms with Crippen LogP contribution >= 0.6 is 0 Å². The summed E-state index contributed by atoms with van der Waals surface area (Å²) < 4.78 is 0. The van der Waals surface area contributed by atoms with E-state index >= 15 is 0 Å². The summed E-state index contributed by atoms with van der Waals surface area (Å²) in [6.45, 7) is 3.45. The molecule has 1 saturated carbocycles. The number of rotatable bonds is 5. The van der Waals surface area contributed by atoms with E-state index in [9.17, 15) is 9.59 Å². The molecule has 1 fully saturated rings. The van der Waals surface area contributed by atoms with Crippen LogP contribution in [0.25, 0.3) is 0 Å². The van der Waals surface area contributed by atoms with E-state index < -0.39 is 11.5 Å². The summed E-state index contributed by atoms with van der Waals surface area (Å²) in [5.74, 6) is -0.819. The number of hydrogen-bond donors (Lipinski definition) is 2. The van der Waals surface area contributed by atoms with Gasteiger partial charge in [0.2, 0.25) is 5.91 Å². The smallest absolute Gasteiger partial charge is 0.323 e. The fourth-order valence-electron chi connectivity index (χ4n) is 1.40. The van der Waals surface area contributed by atoms with Gasteiger partial charge in [-0.3, -0.25) is 9.59 Å². The third kappa shape index (κ3) is 3.87. The van der Waals surface area contributed by atoms with Gasteiger partial charge in [-0.1, -0.05) is 0 Å². The Labute approximate surface area is 89.2 Å². The first kappa shape index (κ1) is 12.0. The Morgan fingerprint density at radius 2 is 2.00 bits per heavy atom. The highest BCUT2D eigenvalue weighted by Crippen LogP contribution is 2.30. The van der Waals surface area contributed by atoms with E-state index in [1.54, 1.807) is 13.8 Å². The highest BCUT2D eigenvalue weighted by atomic mass is 16.4. The average Bonchev–Trinajstić information content (AvgIpc) is 2.83. The number of carboxylic acid groups (broad SMARTS) is 1. The van der Waals surface area contributed by atoms with Crippen LogP contribution in [0.1, 0.15) is 26.7 Å². The fourth-order valence-corrected chi connectivity index (χ4v) is 1.40. The van der Waals surface area contributed by atoms with Crippen molar-refractivity contribution in [2.75, 3.05) is 13.1 Å². The van der Waals surface area contributed by atoms with Crippen LogP contribution < -0.4 is 5.73 Å². The minimum atomic E-state index is -0.996. The number of amides is 1. The molecule has 3 N–H and O–H groups in total. The second kappa shape index (κ2) is 4.18. The molecule has 0 spiro atoms. The van der Waals surface area contributed by atoms with E-state index in [0.29, 0.717) is 12.5 Å². The van der Waals surface area contributed by atoms with Gasteiger partial charge in [0.15, 0.2) is 0 Å². The maximum Gasteiger partial charge on any atom is 0.323 e. The minimum Gasteiger partial charge on any atom is -0.480 e. The highest BCUT2D eigenvalue weighted by Gasteiger charge is 2.33. The predicted octanol–water partition coefficient (Wildman–Crippen LogP) is 0.0469. The molecule has 86 valence electrons. The molecule has 0 aromatic heterocycles. The summed E-state index contributed by atoms with van der Waals surface area (Å²) >= 11 is 0. The van der Waals surface area contributed by atoms with Crippen molar-refractivity contribution in [2.45, 2.75) is 32.2 Å². The van der Waals surface area contributed by atoms with Crippen molar-refractivity contribution in [3.8, 4) is 0 Å². The van der Waals surface area contributed by atoms with Crippen molar-refractivity contribution >= 4 is 11.9 Å². The molecule has 1 amide bonds. The van der Waals surface area contributed by atoms with Gasteiger partial charge in [-0.05, 0) is 32.6 Å². The lowest BCUT2D eigenvalue weighted by molar-refractivity contribution is -0.146. The van der Waals surface area contributed by atoms with Crippen LogP contribution in [0.15, 0.2) is 0 Å². The molecule has 1 aliphatic carbocycles. The Morgan fingerprint density at radius 3 is 2.33 bits per heavy atom. The van der Waals surface area contributed by atoms with Crippen molar-refractivity contribution in [3.05, 3.63) is 0 Å². The van der Waals surface area contributed by atoms with Gasteiger partial charge in [0, 0.05) is 6.54 Å². The molecule has 15 heavy (non-hydrogen) atoms. The van der Waals surface area contributed by atoms with Gasteiger partial charge in [-0.2, -0.15) is 0 Å². The molecule has 0 aliphatic heterocycles. The number of hydrogen-bond acceptors (Lipinski definition) is 3. The van der Waals surface area contributed by atoms with Crippen LogP contribution in [0.5, 0.6) is 0 Å². The van der Waals surface area contributed by atoms with Gasteiger partial charge >= 0.3 is 5.97 Å². The first-order valence-electron chi connectivity index (χ1n) is 5.10. The van der Waals surface area contributed by atoms with Crippen LogP contribution in [0.3, 0.4) is 0 Å². The quantitative estimate of drug-likeness (QED) is 0.677. The molecule has 5 heteroatoms. The lowest BCUT2D eigenvalue weighted by atomic mass is 10.1. The predicted molar refractivity (Wildman–Crippen MR) is 55.2 cm³/mol. The molecule has 0 aromatic rings. The second-order valence-electron chi connectivity index (χ2n) is 4.74. The minimum absolute atomic E-state index is 0.254. The summed E-state index contributed by atoms with van der Waals surface area (Å²) in [4.78, 5) is 23.8. The van der Waals surface area contributed by atoms with Gasteiger partial charge in [0.1, 0.15) is 6.54 Å². The molecule has 0 unspecified atom stereocenters. The zero-order valence-corrected chi connectivity index (χ0v) is 9.19. The van der Waals surface area contributed by atoms with Gasteiger partial charge in [-0.15, -0.1) is 0 Å². The molecule has 0 heterocycles. The summed E-state index contributed by atoms with van der Waals surface area (Å²) in [7, 11) is 0. The summed E-state index contributed by atoms with van der Waals surface area (Å²) in [5, 5.41) is 8.70. The summed E-state index contributed by atoms with van der Waals surface area (Å²) in [6, 6.07) is 0. The monoisotopic (exact) mass is 214 g/mol. The molecular formula is C10H18N2O3. The van der Waals surface area contributed by atoms with Crippen LogP contribution in [0.4, 0.5) is 0 Å². The van der Waals surface area contributed by atoms with Crippen molar-refractivity contribution in [1.82, 2.24) is 4.90 Å². The van der Waals surface area contributed by atoms with E-state index in [2.05, 4.69) is 0 Å². The maximum atomic E-state index is 11.8. The highest BCUT2D eigenvalue weighted by molar-refractivity contribution is 5.88. The average molecular weight is 214 g/mol. The molecule has 0 radical (unpaired) electrons. The van der Waals surface area contributed by atoms with Gasteiger partial charge in [0.25, 0.3) is 0 Å². The van der Waals surface area contributed by atoms with Gasteiger partial charge in [-0.25, -0.2) is 0 Å². The number of carbonyl (C=O) groups excluding carboxylic acids is 1. The maximum absolute atomic E-state index is 11.8. The number of carboxylic acids is 1. The molecule has 5 nitrogen and oxygen atoms in total. The summed E-state index contributed by atoms with van der Waals surface area (Å²) in [5.41, 5.74) is 4.67. The zero-order chi connectivity index (χ0) is 11.6. The first-order valence-corrected chi connectivity index (χ1v) is 5.10. The van der Waals surface area contributed by atoms with Gasteiger partial charge < -0.3 is 15.7 Å². The van der Waals surface area contributed by atoms with Crippen LogP contribution in [0.2, 0.25) is 0 Å². The Morgan fingerprint density at radius 1 is 1.47 bits per heavy atom. The SMILES string of the molecule is CC(C)(N)C(=O)N(CC(=O)O)CC1CC1. The largest absolute Gasteiger partial charge is 0.480 e. The Bertz CT molecular complexity index is 266. The molecule has 1 aliphatic rings. The topological polar surface area (TPSA) is 83.6 Å². The Kier molecular flexibility index (Phi) is 3.34. The van der Waals surface area contributed by atoms with E-state index in [1.165, 1.54) is 4.90 Å². The molecule has 0 atom stereocenters. The third-order valence-electron chi connectivity index (χ3n) is 2.34. The lowest BCUT2D eigenvalue weighted by Gasteiger charge is -2.28. The van der Waals surface area contributed by atoms with E-state index in [1.807, 2.05) is 0 Å². The van der Waals surface area contributed by atoms with E-state index in [4.69, 9.17) is 10.8 Å². The van der Waals surface area contributed by atoms with Crippen LogP contribution in [-0.4, -0.2) is 40.5 Å². The van der Waals surface area contributed by atoms with Gasteiger partial charge in [0.05, 0.1) is 5.54 Å². The molecule has 0 saturated heterocycles. The van der Waals surface area contributed by atoms with Crippen LogP contribution in [0, 0.1) is 5.92 Å². The second-order valence-corrected chi connectivity index (χ2v) is 4.74.